The van der Waals surface area contributed by atoms with Crippen molar-refractivity contribution in [1.29, 1.82) is 0 Å². The Hall–Kier alpha value is -3.91. The normalized spacial score (nSPS) is 12.4. The van der Waals surface area contributed by atoms with E-state index in [1.54, 1.807) is 0 Å². The summed E-state index contributed by atoms with van der Waals surface area (Å²) < 4.78 is 0. The van der Waals surface area contributed by atoms with Gasteiger partial charge < -0.3 is 5.32 Å². The number of nitrogens with zero attached hydrogens (tertiary/aromatic N) is 1. The molecule has 1 heterocycles. The lowest BCUT2D eigenvalue weighted by Crippen LogP contribution is -2.18. The van der Waals surface area contributed by atoms with Crippen molar-refractivity contribution in [3.8, 4) is 11.3 Å². The average molecular weight is 513 g/mol. The zero-order valence-corrected chi connectivity index (χ0v) is 24.1. The van der Waals surface area contributed by atoms with Crippen molar-refractivity contribution in [2.45, 2.75) is 65.3 Å². The summed E-state index contributed by atoms with van der Waals surface area (Å²) in [6.07, 6.45) is 0. The topological polar surface area (TPSA) is 24.9 Å². The summed E-state index contributed by atoms with van der Waals surface area (Å²) >= 11 is 0. The molecule has 0 amide bonds. The smallest absolute Gasteiger partial charge is 0.0940 e. The SMILES string of the molecule is CC(C)c1cc(C(C)C)c(NC(c2ccccc2)c2cccc(-c3cccc4ccccc34)n2)c(C(C)C)c1. The molecular weight excluding hydrogens is 472 g/mol. The van der Waals surface area contributed by atoms with Crippen LogP contribution in [0.3, 0.4) is 0 Å². The molecule has 1 atom stereocenters. The molecular formula is C37H40N2. The van der Waals surface area contributed by atoms with Gasteiger partial charge in [-0.3, -0.25) is 4.98 Å². The van der Waals surface area contributed by atoms with Crippen molar-refractivity contribution >= 4 is 16.5 Å². The molecule has 0 saturated carbocycles. The van der Waals surface area contributed by atoms with Gasteiger partial charge in [-0.05, 0) is 62.9 Å². The van der Waals surface area contributed by atoms with Crippen molar-refractivity contribution in [2.24, 2.45) is 0 Å². The van der Waals surface area contributed by atoms with Crippen LogP contribution in [0.25, 0.3) is 22.0 Å². The van der Waals surface area contributed by atoms with Crippen LogP contribution in [0.5, 0.6) is 0 Å². The first-order chi connectivity index (χ1) is 18.8. The number of fused-ring (bicyclic) bond motifs is 1. The first-order valence-corrected chi connectivity index (χ1v) is 14.3. The lowest BCUT2D eigenvalue weighted by Gasteiger charge is -2.28. The Morgan fingerprint density at radius 1 is 0.564 bits per heavy atom. The van der Waals surface area contributed by atoms with E-state index in [0.29, 0.717) is 17.8 Å². The first-order valence-electron chi connectivity index (χ1n) is 14.3. The minimum absolute atomic E-state index is 0.0824. The van der Waals surface area contributed by atoms with Crippen LogP contribution in [0.1, 0.15) is 93.3 Å². The molecule has 0 aliphatic carbocycles. The monoisotopic (exact) mass is 512 g/mol. The molecule has 39 heavy (non-hydrogen) atoms. The summed E-state index contributed by atoms with van der Waals surface area (Å²) in [5.74, 6) is 1.28. The van der Waals surface area contributed by atoms with Gasteiger partial charge in [-0.2, -0.15) is 0 Å². The van der Waals surface area contributed by atoms with Crippen molar-refractivity contribution < 1.29 is 0 Å². The maximum absolute atomic E-state index is 5.30. The van der Waals surface area contributed by atoms with Crippen LogP contribution in [-0.2, 0) is 0 Å². The average Bonchev–Trinajstić information content (AvgIpc) is 2.95. The lowest BCUT2D eigenvalue weighted by atomic mass is 9.86. The summed E-state index contributed by atoms with van der Waals surface area (Å²) in [5.41, 5.74) is 9.77. The van der Waals surface area contributed by atoms with E-state index in [9.17, 15) is 0 Å². The second kappa shape index (κ2) is 11.5. The van der Waals surface area contributed by atoms with E-state index in [-0.39, 0.29) is 6.04 Å². The molecule has 5 rings (SSSR count). The zero-order chi connectivity index (χ0) is 27.5. The highest BCUT2D eigenvalue weighted by Crippen LogP contribution is 2.39. The Morgan fingerprint density at radius 3 is 1.85 bits per heavy atom. The Labute approximate surface area is 234 Å². The number of rotatable bonds is 8. The van der Waals surface area contributed by atoms with Gasteiger partial charge in [0.1, 0.15) is 0 Å². The van der Waals surface area contributed by atoms with Gasteiger partial charge in [-0.25, -0.2) is 0 Å². The predicted molar refractivity (Wildman–Crippen MR) is 168 cm³/mol. The van der Waals surface area contributed by atoms with Crippen molar-refractivity contribution in [3.63, 3.8) is 0 Å². The third kappa shape index (κ3) is 5.61. The van der Waals surface area contributed by atoms with E-state index in [0.717, 1.165) is 17.0 Å². The van der Waals surface area contributed by atoms with Crippen LogP contribution in [0.15, 0.2) is 103 Å². The molecule has 0 bridgehead atoms. The molecule has 0 aliphatic rings. The molecule has 0 spiro atoms. The van der Waals surface area contributed by atoms with E-state index in [1.807, 2.05) is 0 Å². The summed E-state index contributed by atoms with van der Waals surface area (Å²) in [6, 6.07) is 36.9. The van der Waals surface area contributed by atoms with Crippen LogP contribution in [0.4, 0.5) is 5.69 Å². The summed E-state index contributed by atoms with van der Waals surface area (Å²) in [5, 5.41) is 6.49. The zero-order valence-electron chi connectivity index (χ0n) is 24.1. The van der Waals surface area contributed by atoms with Crippen LogP contribution in [0, 0.1) is 0 Å². The van der Waals surface area contributed by atoms with Gasteiger partial charge in [0.2, 0.25) is 0 Å². The number of aromatic nitrogens is 1. The number of nitrogens with one attached hydrogen (secondary N) is 1. The van der Waals surface area contributed by atoms with E-state index in [4.69, 9.17) is 4.98 Å². The van der Waals surface area contributed by atoms with Gasteiger partial charge in [-0.1, -0.05) is 133 Å². The number of hydrogen-bond donors (Lipinski definition) is 1. The quantitative estimate of drug-likeness (QED) is 0.224. The largest absolute Gasteiger partial charge is 0.372 e. The standard InChI is InChI=1S/C37H40N2/c1-24(2)29-22-32(25(3)4)37(33(23-29)26(5)6)39-36(28-15-8-7-9-16-28)35-21-13-20-34(38-35)31-19-12-17-27-14-10-11-18-30(27)31/h7-26,36,39H,1-6H3. The van der Waals surface area contributed by atoms with Gasteiger partial charge in [-0.15, -0.1) is 0 Å². The number of hydrogen-bond acceptors (Lipinski definition) is 2. The Balaban J connectivity index is 1.67. The fourth-order valence-corrected chi connectivity index (χ4v) is 5.45. The highest BCUT2D eigenvalue weighted by atomic mass is 15.0. The summed E-state index contributed by atoms with van der Waals surface area (Å²) in [6.45, 7) is 13.8. The number of benzene rings is 4. The van der Waals surface area contributed by atoms with Gasteiger partial charge in [0, 0.05) is 11.3 Å². The molecule has 2 heteroatoms. The number of anilines is 1. The summed E-state index contributed by atoms with van der Waals surface area (Å²) in [4.78, 5) is 5.30. The maximum atomic E-state index is 5.30. The van der Waals surface area contributed by atoms with Crippen molar-refractivity contribution in [3.05, 3.63) is 131 Å². The van der Waals surface area contributed by atoms with Gasteiger partial charge >= 0.3 is 0 Å². The molecule has 198 valence electrons. The van der Waals surface area contributed by atoms with Crippen molar-refractivity contribution in [1.82, 2.24) is 4.98 Å². The van der Waals surface area contributed by atoms with E-state index >= 15 is 0 Å². The van der Waals surface area contributed by atoms with E-state index in [1.165, 1.54) is 38.7 Å². The highest BCUT2D eigenvalue weighted by Gasteiger charge is 2.23. The van der Waals surface area contributed by atoms with Crippen LogP contribution >= 0.6 is 0 Å². The van der Waals surface area contributed by atoms with Crippen molar-refractivity contribution in [2.75, 3.05) is 5.32 Å². The molecule has 1 aromatic heterocycles. The molecule has 1 unspecified atom stereocenters. The lowest BCUT2D eigenvalue weighted by molar-refractivity contribution is 0.793. The Bertz CT molecular complexity index is 1530. The van der Waals surface area contributed by atoms with E-state index in [2.05, 4.69) is 150 Å². The minimum atomic E-state index is -0.0824. The number of pyridine rings is 1. The summed E-state index contributed by atoms with van der Waals surface area (Å²) in [7, 11) is 0. The van der Waals surface area contributed by atoms with E-state index < -0.39 is 0 Å². The molecule has 0 aliphatic heterocycles. The maximum Gasteiger partial charge on any atom is 0.0940 e. The highest BCUT2D eigenvalue weighted by molar-refractivity contribution is 5.95. The van der Waals surface area contributed by atoms with Gasteiger partial charge in [0.15, 0.2) is 0 Å². The van der Waals surface area contributed by atoms with Crippen LogP contribution in [-0.4, -0.2) is 4.98 Å². The minimum Gasteiger partial charge on any atom is -0.372 e. The van der Waals surface area contributed by atoms with Crippen LogP contribution < -0.4 is 5.32 Å². The second-order valence-electron chi connectivity index (χ2n) is 11.5. The Morgan fingerprint density at radius 2 is 1.18 bits per heavy atom. The molecule has 0 saturated heterocycles. The predicted octanol–water partition coefficient (Wildman–Crippen LogP) is 10.5. The molecule has 5 aromatic rings. The third-order valence-electron chi connectivity index (χ3n) is 7.69. The van der Waals surface area contributed by atoms with Gasteiger partial charge in [0.05, 0.1) is 17.4 Å². The molecule has 0 fully saturated rings. The molecule has 0 radical (unpaired) electrons. The fraction of sp³-hybridized carbons (Fsp3) is 0.270. The molecule has 4 aromatic carbocycles. The molecule has 1 N–H and O–H groups in total. The third-order valence-corrected chi connectivity index (χ3v) is 7.69. The molecule has 2 nitrogen and oxygen atoms in total. The van der Waals surface area contributed by atoms with Crippen LogP contribution in [0.2, 0.25) is 0 Å². The van der Waals surface area contributed by atoms with Gasteiger partial charge in [0.25, 0.3) is 0 Å². The first kappa shape index (κ1) is 26.7. The Kier molecular flexibility index (Phi) is 7.84. The fourth-order valence-electron chi connectivity index (χ4n) is 5.45. The second-order valence-corrected chi connectivity index (χ2v) is 11.5.